The number of hydrogen-bond acceptors (Lipinski definition) is 6. The van der Waals surface area contributed by atoms with E-state index in [0.717, 1.165) is 65.7 Å². The summed E-state index contributed by atoms with van der Waals surface area (Å²) >= 11 is 0. The lowest BCUT2D eigenvalue weighted by Gasteiger charge is -2.33. The SMILES string of the molecule is Cc1cc(C)c(Cn2c(C(C)(C)C)nc3c(C(N)=O)cc(-c4ccc(N5CCN(C)CC5)nc4)cc32)c(=O)[nH]1. The van der Waals surface area contributed by atoms with Gasteiger partial charge in [0, 0.05) is 54.6 Å². The molecule has 4 heterocycles. The van der Waals surface area contributed by atoms with Crippen molar-refractivity contribution in [3.63, 3.8) is 0 Å². The summed E-state index contributed by atoms with van der Waals surface area (Å²) in [4.78, 5) is 42.8. The highest BCUT2D eigenvalue weighted by molar-refractivity contribution is 6.06. The van der Waals surface area contributed by atoms with Crippen molar-refractivity contribution in [2.45, 2.75) is 46.6 Å². The molecule has 3 N–H and O–H groups in total. The number of carbonyl (C=O) groups excluding carboxylic acids is 1. The Morgan fingerprint density at radius 2 is 1.77 bits per heavy atom. The van der Waals surface area contributed by atoms with Crippen molar-refractivity contribution in [2.24, 2.45) is 5.73 Å². The lowest BCUT2D eigenvalue weighted by molar-refractivity contribution is 0.100. The number of fused-ring (bicyclic) bond motifs is 1. The first-order valence-electron chi connectivity index (χ1n) is 13.4. The van der Waals surface area contributed by atoms with Gasteiger partial charge in [-0.1, -0.05) is 20.8 Å². The lowest BCUT2D eigenvalue weighted by Crippen LogP contribution is -2.44. The maximum Gasteiger partial charge on any atom is 0.253 e. The van der Waals surface area contributed by atoms with Gasteiger partial charge in [0.05, 0.1) is 17.6 Å². The van der Waals surface area contributed by atoms with E-state index in [4.69, 9.17) is 15.7 Å². The molecule has 1 saturated heterocycles. The maximum atomic E-state index is 12.9. The van der Waals surface area contributed by atoms with Gasteiger partial charge in [-0.15, -0.1) is 0 Å². The minimum Gasteiger partial charge on any atom is -0.366 e. The van der Waals surface area contributed by atoms with Gasteiger partial charge in [0.15, 0.2) is 0 Å². The number of aromatic nitrogens is 4. The zero-order chi connectivity index (χ0) is 28.1. The zero-order valence-electron chi connectivity index (χ0n) is 23.6. The Balaban J connectivity index is 1.65. The number of carbonyl (C=O) groups is 1. The molecule has 204 valence electrons. The highest BCUT2D eigenvalue weighted by atomic mass is 16.1. The third kappa shape index (κ3) is 5.18. The third-order valence-electron chi connectivity index (χ3n) is 7.51. The van der Waals surface area contributed by atoms with Gasteiger partial charge in [0.2, 0.25) is 0 Å². The number of primary amides is 1. The average molecular weight is 528 g/mol. The second kappa shape index (κ2) is 9.96. The summed E-state index contributed by atoms with van der Waals surface area (Å²) in [5.74, 6) is 1.18. The normalized spacial score (nSPS) is 14.8. The number of H-pyrrole nitrogens is 1. The molecule has 9 heteroatoms. The van der Waals surface area contributed by atoms with Crippen LogP contribution in [-0.2, 0) is 12.0 Å². The minimum atomic E-state index is -0.543. The fraction of sp³-hybridized carbons (Fsp3) is 0.400. The number of nitrogens with two attached hydrogens (primary N) is 1. The molecule has 0 unspecified atom stereocenters. The van der Waals surface area contributed by atoms with Gasteiger partial charge in [0.1, 0.15) is 17.2 Å². The van der Waals surface area contributed by atoms with Crippen molar-refractivity contribution in [3.05, 3.63) is 75.1 Å². The van der Waals surface area contributed by atoms with Crippen molar-refractivity contribution in [3.8, 4) is 11.1 Å². The number of amides is 1. The molecule has 5 rings (SSSR count). The Hall–Kier alpha value is -3.98. The van der Waals surface area contributed by atoms with Gasteiger partial charge in [-0.25, -0.2) is 9.97 Å². The molecule has 3 aromatic heterocycles. The van der Waals surface area contributed by atoms with E-state index in [2.05, 4.69) is 42.6 Å². The number of pyridine rings is 2. The number of nitrogens with zero attached hydrogens (tertiary/aromatic N) is 5. The number of hydrogen-bond donors (Lipinski definition) is 2. The molecule has 1 fully saturated rings. The van der Waals surface area contributed by atoms with E-state index in [-0.39, 0.29) is 11.0 Å². The number of likely N-dealkylation sites (N-methyl/N-ethyl adjacent to an activating group) is 1. The Kier molecular flexibility index (Phi) is 6.80. The van der Waals surface area contributed by atoms with Crippen LogP contribution in [0.15, 0.2) is 41.3 Å². The number of anilines is 1. The molecule has 0 aliphatic carbocycles. The summed E-state index contributed by atoms with van der Waals surface area (Å²) in [7, 11) is 2.13. The molecular formula is C30H37N7O2. The molecule has 1 amide bonds. The van der Waals surface area contributed by atoms with Crippen LogP contribution in [0.4, 0.5) is 5.82 Å². The highest BCUT2D eigenvalue weighted by Gasteiger charge is 2.27. The number of imidazole rings is 1. The summed E-state index contributed by atoms with van der Waals surface area (Å²) < 4.78 is 2.05. The van der Waals surface area contributed by atoms with E-state index < -0.39 is 5.91 Å². The fourth-order valence-electron chi connectivity index (χ4n) is 5.33. The van der Waals surface area contributed by atoms with E-state index in [9.17, 15) is 9.59 Å². The molecule has 1 aromatic carbocycles. The quantitative estimate of drug-likeness (QED) is 0.410. The number of benzene rings is 1. The van der Waals surface area contributed by atoms with Crippen LogP contribution in [0.2, 0.25) is 0 Å². The molecule has 0 atom stereocenters. The molecule has 4 aromatic rings. The van der Waals surface area contributed by atoms with Crippen molar-refractivity contribution in [2.75, 3.05) is 38.1 Å². The van der Waals surface area contributed by atoms with Gasteiger partial charge in [-0.3, -0.25) is 9.59 Å². The standard InChI is InChI=1S/C30H37N7O2/c1-18-13-19(2)33-28(39)23(18)17-37-24-15-21(14-22(27(31)38)26(24)34-29(37)30(3,4)5)20-7-8-25(32-16-20)36-11-9-35(6)10-12-36/h7-8,13-16H,9-12,17H2,1-6H3,(H2,31,38)(H,33,39). The molecule has 0 spiro atoms. The van der Waals surface area contributed by atoms with Gasteiger partial charge >= 0.3 is 0 Å². The van der Waals surface area contributed by atoms with Crippen LogP contribution >= 0.6 is 0 Å². The van der Waals surface area contributed by atoms with Gasteiger partial charge in [-0.2, -0.15) is 0 Å². The van der Waals surface area contributed by atoms with Gasteiger partial charge in [0.25, 0.3) is 11.5 Å². The van der Waals surface area contributed by atoms with Crippen molar-refractivity contribution >= 4 is 22.8 Å². The number of aryl methyl sites for hydroxylation is 2. The monoisotopic (exact) mass is 527 g/mol. The molecular weight excluding hydrogens is 490 g/mol. The van der Waals surface area contributed by atoms with E-state index in [1.54, 1.807) is 6.07 Å². The highest BCUT2D eigenvalue weighted by Crippen LogP contribution is 2.33. The fourth-order valence-corrected chi connectivity index (χ4v) is 5.33. The largest absolute Gasteiger partial charge is 0.366 e. The Bertz CT molecular complexity index is 1600. The van der Waals surface area contributed by atoms with E-state index >= 15 is 0 Å². The zero-order valence-corrected chi connectivity index (χ0v) is 23.6. The van der Waals surface area contributed by atoms with Crippen LogP contribution in [0.3, 0.4) is 0 Å². The maximum absolute atomic E-state index is 12.9. The van der Waals surface area contributed by atoms with Crippen molar-refractivity contribution in [1.29, 1.82) is 0 Å². The number of nitrogens with one attached hydrogen (secondary N) is 1. The molecule has 0 bridgehead atoms. The number of aromatic amines is 1. The molecule has 9 nitrogen and oxygen atoms in total. The first-order chi connectivity index (χ1) is 18.4. The molecule has 0 radical (unpaired) electrons. The predicted molar refractivity (Wildman–Crippen MR) is 156 cm³/mol. The van der Waals surface area contributed by atoms with Gasteiger partial charge in [-0.05, 0) is 62.4 Å². The summed E-state index contributed by atoms with van der Waals surface area (Å²) in [6, 6.07) is 9.86. The molecule has 1 aliphatic rings. The van der Waals surface area contributed by atoms with Crippen molar-refractivity contribution in [1.82, 2.24) is 24.4 Å². The second-order valence-corrected chi connectivity index (χ2v) is 11.7. The van der Waals surface area contributed by atoms with Crippen LogP contribution in [0.5, 0.6) is 0 Å². The smallest absolute Gasteiger partial charge is 0.253 e. The minimum absolute atomic E-state index is 0.121. The van der Waals surface area contributed by atoms with Crippen LogP contribution in [0, 0.1) is 13.8 Å². The summed E-state index contributed by atoms with van der Waals surface area (Å²) in [6.45, 7) is 14.2. The van der Waals surface area contributed by atoms with Crippen LogP contribution in [0.1, 0.15) is 53.8 Å². The summed E-state index contributed by atoms with van der Waals surface area (Å²) in [5, 5.41) is 0. The summed E-state index contributed by atoms with van der Waals surface area (Å²) in [5.41, 5.74) is 11.2. The van der Waals surface area contributed by atoms with Gasteiger partial charge < -0.3 is 25.1 Å². The predicted octanol–water partition coefficient (Wildman–Crippen LogP) is 3.60. The third-order valence-corrected chi connectivity index (χ3v) is 7.51. The first kappa shape index (κ1) is 26.6. The van der Waals surface area contributed by atoms with E-state index in [0.29, 0.717) is 23.2 Å². The Morgan fingerprint density at radius 1 is 1.05 bits per heavy atom. The molecule has 0 saturated carbocycles. The van der Waals surface area contributed by atoms with E-state index in [1.807, 2.05) is 48.9 Å². The number of piperazine rings is 1. The van der Waals surface area contributed by atoms with Crippen molar-refractivity contribution < 1.29 is 4.79 Å². The second-order valence-electron chi connectivity index (χ2n) is 11.7. The molecule has 39 heavy (non-hydrogen) atoms. The molecule has 1 aliphatic heterocycles. The topological polar surface area (TPSA) is 113 Å². The Labute approximate surface area is 228 Å². The van der Waals surface area contributed by atoms with Crippen LogP contribution < -0.4 is 16.2 Å². The Morgan fingerprint density at radius 3 is 2.36 bits per heavy atom. The van der Waals surface area contributed by atoms with Crippen LogP contribution in [-0.4, -0.2) is 63.6 Å². The lowest BCUT2D eigenvalue weighted by atomic mass is 9.95. The summed E-state index contributed by atoms with van der Waals surface area (Å²) in [6.07, 6.45) is 1.85. The average Bonchev–Trinajstić information content (AvgIpc) is 3.25. The first-order valence-corrected chi connectivity index (χ1v) is 13.4. The van der Waals surface area contributed by atoms with E-state index in [1.165, 1.54) is 0 Å². The number of rotatable bonds is 5. The van der Waals surface area contributed by atoms with Crippen LogP contribution in [0.25, 0.3) is 22.2 Å².